The summed E-state index contributed by atoms with van der Waals surface area (Å²) in [6, 6.07) is 9.46. The van der Waals surface area contributed by atoms with Crippen LogP contribution < -0.4 is 5.32 Å². The molecule has 2 heterocycles. The third-order valence-electron chi connectivity index (χ3n) is 4.56. The number of ether oxygens (including phenoxy) is 1. The minimum absolute atomic E-state index is 0.0549. The molecule has 2 atom stereocenters. The summed E-state index contributed by atoms with van der Waals surface area (Å²) in [4.78, 5) is 13.8. The van der Waals surface area contributed by atoms with Crippen molar-refractivity contribution in [2.75, 3.05) is 25.4 Å². The lowest BCUT2D eigenvalue weighted by atomic mass is 10.1. The van der Waals surface area contributed by atoms with Gasteiger partial charge in [-0.25, -0.2) is 13.2 Å². The maximum atomic E-state index is 12.2. The van der Waals surface area contributed by atoms with Crippen molar-refractivity contribution in [1.82, 2.24) is 10.2 Å². The maximum absolute atomic E-state index is 12.2. The molecule has 0 spiro atoms. The molecule has 3 rings (SSSR count). The highest BCUT2D eigenvalue weighted by Gasteiger charge is 2.39. The molecule has 0 aromatic heterocycles. The molecule has 23 heavy (non-hydrogen) atoms. The van der Waals surface area contributed by atoms with Gasteiger partial charge >= 0.3 is 6.09 Å². The molecule has 1 N–H and O–H groups in total. The van der Waals surface area contributed by atoms with E-state index in [1.807, 2.05) is 30.3 Å². The molecular formula is C16H22N2O4S. The first-order valence-corrected chi connectivity index (χ1v) is 9.68. The maximum Gasteiger partial charge on any atom is 0.410 e. The number of benzene rings is 1. The summed E-state index contributed by atoms with van der Waals surface area (Å²) in [5.74, 6) is 0.187. The van der Waals surface area contributed by atoms with Crippen molar-refractivity contribution >= 4 is 15.9 Å². The monoisotopic (exact) mass is 338 g/mol. The first-order valence-electron chi connectivity index (χ1n) is 7.97. The lowest BCUT2D eigenvalue weighted by Crippen LogP contribution is -2.52. The second-order valence-electron chi connectivity index (χ2n) is 6.07. The fourth-order valence-electron chi connectivity index (χ4n) is 3.27. The molecule has 2 aliphatic heterocycles. The van der Waals surface area contributed by atoms with Gasteiger partial charge in [0.1, 0.15) is 6.61 Å². The van der Waals surface area contributed by atoms with Gasteiger partial charge in [-0.15, -0.1) is 0 Å². The highest BCUT2D eigenvalue weighted by Crippen LogP contribution is 2.22. The van der Waals surface area contributed by atoms with Gasteiger partial charge in [0.2, 0.25) is 0 Å². The summed E-state index contributed by atoms with van der Waals surface area (Å²) in [6.45, 7) is 1.69. The van der Waals surface area contributed by atoms with E-state index in [2.05, 4.69) is 5.32 Å². The number of likely N-dealkylation sites (tertiary alicyclic amines) is 1. The van der Waals surface area contributed by atoms with Gasteiger partial charge in [-0.2, -0.15) is 0 Å². The summed E-state index contributed by atoms with van der Waals surface area (Å²) >= 11 is 0. The Kier molecular flexibility index (Phi) is 4.87. The second-order valence-corrected chi connectivity index (χ2v) is 8.41. The van der Waals surface area contributed by atoms with Crippen LogP contribution in [0.4, 0.5) is 4.79 Å². The van der Waals surface area contributed by atoms with Gasteiger partial charge in [0.05, 0.1) is 11.0 Å². The topological polar surface area (TPSA) is 75.7 Å². The van der Waals surface area contributed by atoms with Gasteiger partial charge in [0.15, 0.2) is 9.84 Å². The molecule has 0 bridgehead atoms. The number of nitrogens with one attached hydrogen (secondary N) is 1. The van der Waals surface area contributed by atoms with Crippen LogP contribution in [0.25, 0.3) is 0 Å². The lowest BCUT2D eigenvalue weighted by molar-refractivity contribution is 0.0972. The molecule has 2 aliphatic rings. The minimum Gasteiger partial charge on any atom is -0.445 e. The van der Waals surface area contributed by atoms with Crippen molar-refractivity contribution in [2.24, 2.45) is 0 Å². The van der Waals surface area contributed by atoms with Crippen LogP contribution >= 0.6 is 0 Å². The standard InChI is InChI=1S/C16H22N2O4S/c19-16(22-12-13-4-2-1-3-5-13)18-9-6-14-15(7-10-18)23(20,21)11-8-17-14/h1-5,14-15,17H,6-12H2/t14-,15+/m1/s1. The third-order valence-corrected chi connectivity index (χ3v) is 6.82. The molecule has 0 radical (unpaired) electrons. The van der Waals surface area contributed by atoms with E-state index in [9.17, 15) is 13.2 Å². The quantitative estimate of drug-likeness (QED) is 0.876. The number of amides is 1. The molecule has 0 saturated carbocycles. The Balaban J connectivity index is 1.58. The number of sulfone groups is 1. The van der Waals surface area contributed by atoms with E-state index in [0.29, 0.717) is 32.5 Å². The average molecular weight is 338 g/mol. The van der Waals surface area contributed by atoms with E-state index < -0.39 is 9.84 Å². The Bertz CT molecular complexity index is 647. The van der Waals surface area contributed by atoms with Gasteiger partial charge < -0.3 is 15.0 Å². The van der Waals surface area contributed by atoms with Crippen molar-refractivity contribution in [2.45, 2.75) is 30.7 Å². The van der Waals surface area contributed by atoms with Crippen LogP contribution in [-0.2, 0) is 21.2 Å². The molecule has 1 amide bonds. The number of nitrogens with zero attached hydrogens (tertiary/aromatic N) is 1. The van der Waals surface area contributed by atoms with Crippen molar-refractivity contribution in [3.8, 4) is 0 Å². The molecule has 1 aromatic rings. The van der Waals surface area contributed by atoms with Crippen molar-refractivity contribution in [3.63, 3.8) is 0 Å². The number of carbonyl (C=O) groups is 1. The van der Waals surface area contributed by atoms with Crippen LogP contribution in [0.3, 0.4) is 0 Å². The molecule has 2 saturated heterocycles. The second kappa shape index (κ2) is 6.88. The highest BCUT2D eigenvalue weighted by atomic mass is 32.2. The Morgan fingerprint density at radius 2 is 1.96 bits per heavy atom. The Hall–Kier alpha value is -1.60. The number of hydrogen-bond donors (Lipinski definition) is 1. The van der Waals surface area contributed by atoms with Crippen LogP contribution in [0.5, 0.6) is 0 Å². The molecule has 0 aliphatic carbocycles. The summed E-state index contributed by atoms with van der Waals surface area (Å²) in [6.07, 6.45) is 0.745. The number of hydrogen-bond acceptors (Lipinski definition) is 5. The van der Waals surface area contributed by atoms with Crippen molar-refractivity contribution < 1.29 is 17.9 Å². The zero-order chi connectivity index (χ0) is 16.3. The van der Waals surface area contributed by atoms with Gasteiger partial charge in [0.25, 0.3) is 0 Å². The van der Waals surface area contributed by atoms with Crippen molar-refractivity contribution in [3.05, 3.63) is 35.9 Å². The smallest absolute Gasteiger partial charge is 0.410 e. The minimum atomic E-state index is -3.05. The van der Waals surface area contributed by atoms with Gasteiger partial charge in [-0.05, 0) is 18.4 Å². The predicted octanol–water partition coefficient (Wildman–Crippen LogP) is 1.17. The lowest BCUT2D eigenvalue weighted by Gasteiger charge is -2.30. The van der Waals surface area contributed by atoms with Crippen molar-refractivity contribution in [1.29, 1.82) is 0 Å². The van der Waals surface area contributed by atoms with Crippen LogP contribution in [0.1, 0.15) is 18.4 Å². The van der Waals surface area contributed by atoms with Crippen LogP contribution in [0.2, 0.25) is 0 Å². The Labute approximate surface area is 136 Å². The fourth-order valence-corrected chi connectivity index (χ4v) is 5.17. The molecular weight excluding hydrogens is 316 g/mol. The third kappa shape index (κ3) is 3.84. The van der Waals surface area contributed by atoms with E-state index in [4.69, 9.17) is 4.74 Å². The Morgan fingerprint density at radius 3 is 2.74 bits per heavy atom. The van der Waals surface area contributed by atoms with E-state index in [0.717, 1.165) is 5.56 Å². The average Bonchev–Trinajstić information content (AvgIpc) is 2.77. The van der Waals surface area contributed by atoms with E-state index in [-0.39, 0.29) is 29.7 Å². The van der Waals surface area contributed by atoms with Crippen LogP contribution in [0, 0.1) is 0 Å². The van der Waals surface area contributed by atoms with E-state index >= 15 is 0 Å². The molecule has 1 aromatic carbocycles. The SMILES string of the molecule is O=C(OCc1ccccc1)N1CC[C@H]2NCCS(=O)(=O)[C@H]2CC1. The van der Waals surface area contributed by atoms with Crippen LogP contribution in [-0.4, -0.2) is 56.1 Å². The van der Waals surface area contributed by atoms with Gasteiger partial charge in [0, 0.05) is 25.7 Å². The largest absolute Gasteiger partial charge is 0.445 e. The molecule has 126 valence electrons. The van der Waals surface area contributed by atoms with Gasteiger partial charge in [-0.3, -0.25) is 0 Å². The summed E-state index contributed by atoms with van der Waals surface area (Å²) < 4.78 is 29.7. The molecule has 6 nitrogen and oxygen atoms in total. The van der Waals surface area contributed by atoms with Gasteiger partial charge in [-0.1, -0.05) is 30.3 Å². The predicted molar refractivity (Wildman–Crippen MR) is 86.8 cm³/mol. The first kappa shape index (κ1) is 16.3. The Morgan fingerprint density at radius 1 is 1.22 bits per heavy atom. The molecule has 7 heteroatoms. The summed E-state index contributed by atoms with van der Waals surface area (Å²) in [5, 5.41) is 2.89. The normalized spacial score (nSPS) is 26.9. The first-order chi connectivity index (χ1) is 11.1. The summed E-state index contributed by atoms with van der Waals surface area (Å²) in [7, 11) is -3.05. The number of fused-ring (bicyclic) bond motifs is 1. The fraction of sp³-hybridized carbons (Fsp3) is 0.562. The zero-order valence-corrected chi connectivity index (χ0v) is 13.8. The number of carbonyl (C=O) groups excluding carboxylic acids is 1. The van der Waals surface area contributed by atoms with E-state index in [1.165, 1.54) is 0 Å². The van der Waals surface area contributed by atoms with E-state index in [1.54, 1.807) is 4.90 Å². The summed E-state index contributed by atoms with van der Waals surface area (Å²) in [5.41, 5.74) is 0.939. The molecule has 2 fully saturated rings. The van der Waals surface area contributed by atoms with Crippen LogP contribution in [0.15, 0.2) is 30.3 Å². The molecule has 0 unspecified atom stereocenters. The number of rotatable bonds is 2. The zero-order valence-electron chi connectivity index (χ0n) is 13.0. The highest BCUT2D eigenvalue weighted by molar-refractivity contribution is 7.92.